The van der Waals surface area contributed by atoms with Gasteiger partial charge in [-0.15, -0.1) is 0 Å². The number of hydrogen-bond donors (Lipinski definition) is 7. The molecule has 2 aromatic rings. The van der Waals surface area contributed by atoms with Gasteiger partial charge in [0.1, 0.15) is 30.2 Å². The first-order valence-corrected chi connectivity index (χ1v) is 19.7. The Balaban J connectivity index is 0.930. The molecule has 7 rings (SSSR count). The van der Waals surface area contributed by atoms with E-state index in [1.165, 1.54) is 17.2 Å². The van der Waals surface area contributed by atoms with E-state index < -0.39 is 62.6 Å². The first kappa shape index (κ1) is 37.1. The topological polar surface area (TPSA) is 253 Å². The van der Waals surface area contributed by atoms with E-state index in [0.717, 1.165) is 25.7 Å². The van der Waals surface area contributed by atoms with E-state index in [2.05, 4.69) is 28.8 Å². The number of anilines is 1. The molecule has 16 atom stereocenters. The molecule has 4 aliphatic carbocycles. The number of hydrogen-bond acceptors (Lipinski definition) is 14. The van der Waals surface area contributed by atoms with Gasteiger partial charge in [0, 0.05) is 6.42 Å². The lowest BCUT2D eigenvalue weighted by molar-refractivity contribution is -0.207. The van der Waals surface area contributed by atoms with Gasteiger partial charge in [0.15, 0.2) is 17.7 Å². The lowest BCUT2D eigenvalue weighted by Crippen LogP contribution is -2.62. The van der Waals surface area contributed by atoms with Gasteiger partial charge in [-0.05, 0) is 97.7 Å². The number of carbonyl (C=O) groups is 1. The standard InChI is InChI=1S/C34H52N5O11P/c1-16(19-5-6-20-26-21(12-24(42)34(19,20)3)33(2)9-8-18(40)10-17(33)11-22(26)41)4-7-25(43)50-51(46,47)48-13-23-28(44)29(45)32(49-23)39-15-38-27-30(35)36-14-37-31(27)39/h14-24,26,28-29,32,40-42,44-45H,4-13H2,1-3H3,(H,46,47)(H2,35,36,37)/t16-,17+,18-,19-,20+,21+,22-,23-,24+,26+,28-,29-,32-,33+,34-/m1/s1. The lowest BCUT2D eigenvalue weighted by Gasteiger charge is -2.63. The van der Waals surface area contributed by atoms with Crippen molar-refractivity contribution in [3.05, 3.63) is 12.7 Å². The van der Waals surface area contributed by atoms with Crippen LogP contribution in [-0.2, 0) is 23.1 Å². The quantitative estimate of drug-likeness (QED) is 0.182. The smallest absolute Gasteiger partial charge is 0.393 e. The SMILES string of the molecule is C[C@H](CCC(=O)OP(=O)(O)OC[C@H]1O[C@@H](n2cnc3c(N)ncnc32)[C@H](O)[C@@H]1O)[C@H]1CC[C@H]2[C@@H]3[C@H](O)C[C@@H]4C[C@H](O)CC[C@]4(C)[C@H]3C[C@H](O)[C@]12C. The summed E-state index contributed by atoms with van der Waals surface area (Å²) in [6.45, 7) is 5.79. The Morgan fingerprint density at radius 3 is 2.61 bits per heavy atom. The van der Waals surface area contributed by atoms with E-state index in [1.54, 1.807) is 0 Å². The number of rotatable bonds is 9. The molecule has 51 heavy (non-hydrogen) atoms. The summed E-state index contributed by atoms with van der Waals surface area (Å²) in [4.78, 5) is 35.3. The molecule has 0 bridgehead atoms. The first-order chi connectivity index (χ1) is 24.0. The van der Waals surface area contributed by atoms with E-state index >= 15 is 0 Å². The normalized spacial score (nSPS) is 43.9. The number of nitrogen functional groups attached to an aromatic ring is 1. The Morgan fingerprint density at radius 1 is 1.08 bits per heavy atom. The number of phosphoric acid groups is 1. The fraction of sp³-hybridized carbons (Fsp3) is 0.824. The molecule has 0 spiro atoms. The molecular weight excluding hydrogens is 685 g/mol. The number of fused-ring (bicyclic) bond motifs is 6. The van der Waals surface area contributed by atoms with Crippen molar-refractivity contribution in [1.29, 1.82) is 0 Å². The zero-order valence-electron chi connectivity index (χ0n) is 29.3. The van der Waals surface area contributed by atoms with Gasteiger partial charge >= 0.3 is 13.8 Å². The average Bonchev–Trinajstić information content (AvgIpc) is 3.74. The van der Waals surface area contributed by atoms with Gasteiger partial charge in [-0.1, -0.05) is 20.8 Å². The summed E-state index contributed by atoms with van der Waals surface area (Å²) in [5.74, 6) is -0.145. The third kappa shape index (κ3) is 6.31. The second-order valence-electron chi connectivity index (χ2n) is 16.4. The number of carbonyl (C=O) groups excluding carboxylic acids is 1. The molecule has 0 aromatic carbocycles. The molecule has 0 amide bonds. The van der Waals surface area contributed by atoms with Gasteiger partial charge in [-0.2, -0.15) is 0 Å². The Labute approximate surface area is 296 Å². The molecule has 284 valence electrons. The number of aliphatic hydroxyl groups excluding tert-OH is 5. The average molecular weight is 738 g/mol. The van der Waals surface area contributed by atoms with Gasteiger partial charge < -0.3 is 40.5 Å². The van der Waals surface area contributed by atoms with E-state index in [4.69, 9.17) is 19.5 Å². The molecule has 5 aliphatic rings. The number of phosphoric ester groups is 1. The summed E-state index contributed by atoms with van der Waals surface area (Å²) < 4.78 is 29.7. The van der Waals surface area contributed by atoms with Crippen molar-refractivity contribution in [3.8, 4) is 0 Å². The highest BCUT2D eigenvalue weighted by molar-refractivity contribution is 7.48. The fourth-order valence-corrected chi connectivity index (χ4v) is 11.9. The van der Waals surface area contributed by atoms with Gasteiger partial charge in [0.25, 0.3) is 0 Å². The van der Waals surface area contributed by atoms with Crippen LogP contribution in [0.4, 0.5) is 5.82 Å². The molecule has 17 heteroatoms. The number of imidazole rings is 1. The monoisotopic (exact) mass is 737 g/mol. The molecular formula is C34H52N5O11P. The number of ether oxygens (including phenoxy) is 1. The second kappa shape index (κ2) is 13.5. The Morgan fingerprint density at radius 2 is 1.84 bits per heavy atom. The first-order valence-electron chi connectivity index (χ1n) is 18.2. The van der Waals surface area contributed by atoms with Crippen LogP contribution in [0.5, 0.6) is 0 Å². The highest BCUT2D eigenvalue weighted by Crippen LogP contribution is 2.68. The predicted octanol–water partition coefficient (Wildman–Crippen LogP) is 2.07. The van der Waals surface area contributed by atoms with Crippen LogP contribution in [0.25, 0.3) is 11.2 Å². The minimum Gasteiger partial charge on any atom is -0.393 e. The third-order valence-corrected chi connectivity index (χ3v) is 14.9. The molecule has 4 saturated carbocycles. The van der Waals surface area contributed by atoms with Gasteiger partial charge in [-0.25, -0.2) is 19.5 Å². The van der Waals surface area contributed by atoms with Gasteiger partial charge in [0.05, 0.1) is 31.2 Å². The van der Waals surface area contributed by atoms with Crippen LogP contribution in [0.1, 0.15) is 84.8 Å². The second-order valence-corrected chi connectivity index (χ2v) is 17.8. The lowest BCUT2D eigenvalue weighted by atomic mass is 9.43. The molecule has 8 N–H and O–H groups in total. The van der Waals surface area contributed by atoms with E-state index in [9.17, 15) is 39.8 Å². The largest absolute Gasteiger partial charge is 0.529 e. The molecule has 0 radical (unpaired) electrons. The van der Waals surface area contributed by atoms with Crippen LogP contribution in [-0.4, -0.2) is 99.1 Å². The van der Waals surface area contributed by atoms with Crippen LogP contribution in [0, 0.1) is 46.3 Å². The zero-order valence-corrected chi connectivity index (χ0v) is 30.2. The summed E-state index contributed by atoms with van der Waals surface area (Å²) in [5.41, 5.74) is 5.87. The third-order valence-electron chi connectivity index (χ3n) is 13.9. The maximum absolute atomic E-state index is 12.8. The number of aliphatic hydroxyl groups is 5. The minimum absolute atomic E-state index is 0.0213. The molecule has 1 aliphatic heterocycles. The van der Waals surface area contributed by atoms with Crippen molar-refractivity contribution in [1.82, 2.24) is 19.5 Å². The van der Waals surface area contributed by atoms with Crippen molar-refractivity contribution in [3.63, 3.8) is 0 Å². The molecule has 2 aromatic heterocycles. The Hall–Kier alpha value is -2.27. The Bertz CT molecular complexity index is 1670. The molecule has 3 heterocycles. The summed E-state index contributed by atoms with van der Waals surface area (Å²) in [5, 5.41) is 54.9. The van der Waals surface area contributed by atoms with Gasteiger partial charge in [0.2, 0.25) is 0 Å². The molecule has 1 saturated heterocycles. The van der Waals surface area contributed by atoms with E-state index in [-0.39, 0.29) is 70.4 Å². The van der Waals surface area contributed by atoms with Crippen molar-refractivity contribution in [2.45, 2.75) is 121 Å². The van der Waals surface area contributed by atoms with Crippen LogP contribution in [0.2, 0.25) is 0 Å². The molecule has 1 unspecified atom stereocenters. The van der Waals surface area contributed by atoms with Crippen molar-refractivity contribution in [2.24, 2.45) is 46.3 Å². The van der Waals surface area contributed by atoms with Crippen molar-refractivity contribution in [2.75, 3.05) is 12.3 Å². The van der Waals surface area contributed by atoms with E-state index in [1.807, 2.05) is 6.92 Å². The highest BCUT2D eigenvalue weighted by atomic mass is 31.2. The fourth-order valence-electron chi connectivity index (χ4n) is 11.2. The van der Waals surface area contributed by atoms with Crippen molar-refractivity contribution < 1.29 is 53.6 Å². The molecule has 5 fully saturated rings. The zero-order chi connectivity index (χ0) is 36.6. The van der Waals surface area contributed by atoms with Crippen LogP contribution >= 0.6 is 7.82 Å². The maximum Gasteiger partial charge on any atom is 0.529 e. The summed E-state index contributed by atoms with van der Waals surface area (Å²) in [6.07, 6.45) is 1.29. The van der Waals surface area contributed by atoms with Crippen LogP contribution in [0.15, 0.2) is 12.7 Å². The summed E-state index contributed by atoms with van der Waals surface area (Å²) in [7, 11) is -4.91. The highest BCUT2D eigenvalue weighted by Gasteiger charge is 2.65. The molecule has 16 nitrogen and oxygen atoms in total. The summed E-state index contributed by atoms with van der Waals surface area (Å²) in [6, 6.07) is 0. The van der Waals surface area contributed by atoms with Crippen molar-refractivity contribution >= 4 is 30.8 Å². The number of nitrogens with zero attached hydrogens (tertiary/aromatic N) is 4. The van der Waals surface area contributed by atoms with E-state index in [0.29, 0.717) is 25.7 Å². The summed E-state index contributed by atoms with van der Waals surface area (Å²) >= 11 is 0. The van der Waals surface area contributed by atoms with Crippen LogP contribution < -0.4 is 5.73 Å². The van der Waals surface area contributed by atoms with Crippen LogP contribution in [0.3, 0.4) is 0 Å². The number of aromatic nitrogens is 4. The van der Waals surface area contributed by atoms with Gasteiger partial charge in [-0.3, -0.25) is 18.8 Å². The number of nitrogens with two attached hydrogens (primary N) is 1. The minimum atomic E-state index is -4.91. The maximum atomic E-state index is 12.8. The Kier molecular flexibility index (Phi) is 9.84. The predicted molar refractivity (Wildman–Crippen MR) is 180 cm³/mol.